The van der Waals surface area contributed by atoms with Gasteiger partial charge >= 0.3 is 0 Å². The lowest BCUT2D eigenvalue weighted by Gasteiger charge is -2.40. The topological polar surface area (TPSA) is 65.2 Å². The highest BCUT2D eigenvalue weighted by atomic mass is 16.3. The number of aliphatic imine (C=N–C) groups is 2. The normalized spacial score (nSPS) is 15.5. The van der Waals surface area contributed by atoms with Crippen molar-refractivity contribution in [1.82, 2.24) is 0 Å². The van der Waals surface area contributed by atoms with Gasteiger partial charge in [0.2, 0.25) is 0 Å². The number of rotatable bonds is 62. The molecule has 2 aromatic carbocycles. The Bertz CT molecular complexity index is 2060. The van der Waals surface area contributed by atoms with E-state index >= 15 is 0 Å². The van der Waals surface area contributed by atoms with E-state index in [9.17, 15) is 10.2 Å². The molecule has 1 saturated carbocycles. The van der Waals surface area contributed by atoms with Crippen molar-refractivity contribution in [2.24, 2.45) is 9.98 Å². The number of hydrogen-bond donors (Lipinski definition) is 2. The standard InChI is InChI=1S/C90H168N6O2/c1-17-29-57-93(58-30-18-2,59-31-19-3)69-47-43-53-89(15,54-44-48-70-94(60-32-20-4,61-33-21-5)62-34-22-6)83-73-79(13)87(97)81(75-83)77-91-85-51-41-42-52-86(85)92-78-82-76-84(74-80(14)88(82)98)90(16,55-45-49-71-95(63-35-23-7,64-36-24-8)65-37-25-9)56-46-50-72-96(66-38-26-10,67-39-27-11)68-40-28-12/h73-78,85-86H,17-72H2,1-16H3/q+2/p+2/t85-,86-/m0/s1. The maximum atomic E-state index is 12.1. The molecular weight excluding hydrogens is 1200 g/mol. The Balaban J connectivity index is 2.10. The molecule has 98 heavy (non-hydrogen) atoms. The van der Waals surface area contributed by atoms with Gasteiger partial charge in [0, 0.05) is 23.6 Å². The van der Waals surface area contributed by atoms with Crippen LogP contribution in [-0.2, 0) is 10.8 Å². The average Bonchev–Trinajstić information content (AvgIpc) is 0.801. The van der Waals surface area contributed by atoms with Gasteiger partial charge in [0.25, 0.3) is 0 Å². The van der Waals surface area contributed by atoms with Crippen LogP contribution < -0.4 is 0 Å². The van der Waals surface area contributed by atoms with E-state index in [1.807, 2.05) is 12.4 Å². The third kappa shape index (κ3) is 31.7. The minimum Gasteiger partial charge on any atom is -0.507 e. The van der Waals surface area contributed by atoms with Crippen LogP contribution in [0.3, 0.4) is 0 Å². The lowest BCUT2D eigenvalue weighted by atomic mass is 9.73. The molecule has 3 rings (SSSR count). The summed E-state index contributed by atoms with van der Waals surface area (Å²) in [4.78, 5) is 10.9. The zero-order valence-corrected chi connectivity index (χ0v) is 68.8. The molecule has 8 nitrogen and oxygen atoms in total. The summed E-state index contributed by atoms with van der Waals surface area (Å²) in [5, 5.41) is 24.1. The second-order valence-electron chi connectivity index (χ2n) is 33.6. The molecule has 0 heterocycles. The molecule has 0 radical (unpaired) electrons. The number of benzene rings is 2. The Hall–Kier alpha value is -2.78. The van der Waals surface area contributed by atoms with E-state index in [0.29, 0.717) is 11.5 Å². The monoisotopic (exact) mass is 1370 g/mol. The Morgan fingerprint density at radius 3 is 0.704 bits per heavy atom. The maximum Gasteiger partial charge on any atom is 0.127 e. The van der Waals surface area contributed by atoms with Crippen LogP contribution in [0.25, 0.3) is 0 Å². The van der Waals surface area contributed by atoms with Gasteiger partial charge in [-0.1, -0.05) is 199 Å². The number of aromatic hydroxyl groups is 2. The summed E-state index contributed by atoms with van der Waals surface area (Å²) in [7, 11) is 0. The summed E-state index contributed by atoms with van der Waals surface area (Å²) in [6.45, 7) is 59.2. The first-order chi connectivity index (χ1) is 47.3. The SMILES string of the molecule is CCCC[N+](CCCC)(CCCC)CCCCC(C)(CCCC[N+](CCCC)(CCCC)CCCC)c1cc(C)c(O)c(C=N[C@H]2CCCC[C@@H]2N=Cc2cc(C(C)(CCCC[N+](CCCC)(CCCC)CCCC)CCCC[N+](CCCC)(CCCC)CCCC)cc(C)c2O)c1. The van der Waals surface area contributed by atoms with Gasteiger partial charge in [-0.05, 0) is 226 Å². The number of nitrogens with zero attached hydrogens (tertiary/aromatic N) is 6. The summed E-state index contributed by atoms with van der Waals surface area (Å²) in [5.41, 5.74) is 6.41. The van der Waals surface area contributed by atoms with Gasteiger partial charge in [-0.3, -0.25) is 9.98 Å². The zero-order chi connectivity index (χ0) is 72.0. The number of phenolic OH excluding ortho intramolecular Hbond substituents is 2. The van der Waals surface area contributed by atoms with Gasteiger partial charge in [0.15, 0.2) is 0 Å². The fourth-order valence-electron chi connectivity index (χ4n) is 17.6. The fourth-order valence-corrected chi connectivity index (χ4v) is 17.6. The molecule has 568 valence electrons. The van der Waals surface area contributed by atoms with Gasteiger partial charge in [-0.25, -0.2) is 0 Å². The Labute approximate surface area is 611 Å². The third-order valence-electron chi connectivity index (χ3n) is 24.8. The van der Waals surface area contributed by atoms with Crippen molar-refractivity contribution in [3.63, 3.8) is 0 Å². The summed E-state index contributed by atoms with van der Waals surface area (Å²) in [6, 6.07) is 9.44. The number of aryl methyl sites for hydroxylation is 2. The molecule has 0 unspecified atom stereocenters. The van der Waals surface area contributed by atoms with Gasteiger partial charge < -0.3 is 28.1 Å². The van der Waals surface area contributed by atoms with Gasteiger partial charge in [0.1, 0.15) is 11.5 Å². The fraction of sp³-hybridized carbons (Fsp3) is 0.844. The number of unbranched alkanes of at least 4 members (excludes halogenated alkanes) is 16. The quantitative estimate of drug-likeness (QED) is 0.0394. The van der Waals surface area contributed by atoms with Crippen molar-refractivity contribution in [2.45, 2.75) is 391 Å². The van der Waals surface area contributed by atoms with Crippen molar-refractivity contribution >= 4 is 12.4 Å². The second-order valence-corrected chi connectivity index (χ2v) is 33.6. The predicted molar refractivity (Wildman–Crippen MR) is 435 cm³/mol. The Morgan fingerprint density at radius 2 is 0.510 bits per heavy atom. The zero-order valence-electron chi connectivity index (χ0n) is 68.8. The molecule has 1 aliphatic carbocycles. The Kier molecular flexibility index (Phi) is 46.2. The third-order valence-corrected chi connectivity index (χ3v) is 24.8. The first-order valence-electron chi connectivity index (χ1n) is 43.5. The predicted octanol–water partition coefficient (Wildman–Crippen LogP) is 24.6. The van der Waals surface area contributed by atoms with Crippen LogP contribution in [-0.4, -0.2) is 157 Å². The van der Waals surface area contributed by atoms with Crippen LogP contribution >= 0.6 is 0 Å². The number of hydrogen-bond acceptors (Lipinski definition) is 4. The summed E-state index contributed by atoms with van der Waals surface area (Å²) in [6.07, 6.45) is 54.4. The summed E-state index contributed by atoms with van der Waals surface area (Å²) in [5.74, 6) is 0.743. The van der Waals surface area contributed by atoms with E-state index in [1.54, 1.807) is 0 Å². The minimum absolute atomic E-state index is 0.00875. The molecule has 0 aliphatic heterocycles. The molecular formula is C90H170N6O2+4. The van der Waals surface area contributed by atoms with E-state index in [2.05, 4.69) is 135 Å². The highest BCUT2D eigenvalue weighted by molar-refractivity contribution is 5.86. The maximum absolute atomic E-state index is 12.1. The van der Waals surface area contributed by atoms with Gasteiger partial charge in [-0.2, -0.15) is 0 Å². The highest BCUT2D eigenvalue weighted by Gasteiger charge is 2.35. The molecule has 1 fully saturated rings. The lowest BCUT2D eigenvalue weighted by Crippen LogP contribution is -2.51. The average molecular weight is 1370 g/mol. The molecule has 0 amide bonds. The van der Waals surface area contributed by atoms with Crippen molar-refractivity contribution in [1.29, 1.82) is 0 Å². The molecule has 0 bridgehead atoms. The number of phenols is 2. The molecule has 8 heteroatoms. The van der Waals surface area contributed by atoms with Crippen LogP contribution in [0.4, 0.5) is 0 Å². The molecule has 2 N–H and O–H groups in total. The van der Waals surface area contributed by atoms with Crippen molar-refractivity contribution in [3.8, 4) is 11.5 Å². The van der Waals surface area contributed by atoms with E-state index in [0.717, 1.165) is 47.9 Å². The van der Waals surface area contributed by atoms with Gasteiger partial charge in [0.05, 0.1) is 117 Å². The van der Waals surface area contributed by atoms with Crippen LogP contribution in [0.15, 0.2) is 34.3 Å². The molecule has 0 saturated heterocycles. The smallest absolute Gasteiger partial charge is 0.127 e. The Morgan fingerprint density at radius 1 is 0.316 bits per heavy atom. The molecule has 2 atom stereocenters. The van der Waals surface area contributed by atoms with E-state index in [-0.39, 0.29) is 22.9 Å². The summed E-state index contributed by atoms with van der Waals surface area (Å²) < 4.78 is 5.25. The van der Waals surface area contributed by atoms with Crippen LogP contribution in [0, 0.1) is 13.8 Å². The van der Waals surface area contributed by atoms with Gasteiger partial charge in [-0.15, -0.1) is 0 Å². The van der Waals surface area contributed by atoms with E-state index in [1.165, 1.54) is 365 Å². The first kappa shape index (κ1) is 89.4. The van der Waals surface area contributed by atoms with Crippen molar-refractivity contribution in [2.75, 3.05) is 105 Å². The van der Waals surface area contributed by atoms with E-state index < -0.39 is 0 Å². The van der Waals surface area contributed by atoms with Crippen LogP contribution in [0.2, 0.25) is 0 Å². The second kappa shape index (κ2) is 50.6. The lowest BCUT2D eigenvalue weighted by molar-refractivity contribution is -0.929. The van der Waals surface area contributed by atoms with E-state index in [4.69, 9.17) is 9.98 Å². The van der Waals surface area contributed by atoms with Crippen molar-refractivity contribution < 1.29 is 28.1 Å². The summed E-state index contributed by atoms with van der Waals surface area (Å²) >= 11 is 0. The molecule has 0 spiro atoms. The van der Waals surface area contributed by atoms with Crippen LogP contribution in [0.5, 0.6) is 11.5 Å². The van der Waals surface area contributed by atoms with Crippen LogP contribution in [0.1, 0.15) is 387 Å². The van der Waals surface area contributed by atoms with Crippen molar-refractivity contribution in [3.05, 3.63) is 57.6 Å². The molecule has 1 aliphatic rings. The molecule has 0 aromatic heterocycles. The number of quaternary nitrogens is 4. The molecule has 2 aromatic rings. The minimum atomic E-state index is -0.00875. The highest BCUT2D eigenvalue weighted by Crippen LogP contribution is 2.41. The largest absolute Gasteiger partial charge is 0.507 e. The first-order valence-corrected chi connectivity index (χ1v) is 43.5.